The molecule has 98 valence electrons. The number of fused-ring (bicyclic) bond motifs is 1. The molecule has 3 rings (SSSR count). The fourth-order valence-electron chi connectivity index (χ4n) is 2.24. The normalized spacial score (nSPS) is 15.3. The first kappa shape index (κ1) is 12.9. The van der Waals surface area contributed by atoms with Gasteiger partial charge in [-0.3, -0.25) is 9.78 Å². The third-order valence-electron chi connectivity index (χ3n) is 3.50. The number of anilines is 1. The third-order valence-corrected chi connectivity index (χ3v) is 3.50. The number of aromatic nitrogens is 4. The van der Waals surface area contributed by atoms with Gasteiger partial charge in [0.05, 0.1) is 6.33 Å². The molecule has 0 radical (unpaired) electrons. The number of nitrogen functional groups attached to an aromatic ring is 1. The highest BCUT2D eigenvalue weighted by Gasteiger charge is 2.17. The fourth-order valence-corrected chi connectivity index (χ4v) is 2.24. The summed E-state index contributed by atoms with van der Waals surface area (Å²) in [4.78, 5) is 22.2. The van der Waals surface area contributed by atoms with Crippen LogP contribution in [0.1, 0.15) is 25.7 Å². The summed E-state index contributed by atoms with van der Waals surface area (Å²) in [5, 5.41) is 0. The Bertz CT molecular complexity index is 601. The Kier molecular flexibility index (Phi) is 3.56. The first-order valence-electron chi connectivity index (χ1n) is 5.94. The van der Waals surface area contributed by atoms with Gasteiger partial charge in [-0.25, -0.2) is 4.98 Å². The van der Waals surface area contributed by atoms with E-state index in [4.69, 9.17) is 5.73 Å². The maximum absolute atomic E-state index is 11.6. The molecule has 1 aliphatic carbocycles. The number of hydrogen-bond acceptors (Lipinski definition) is 4. The maximum atomic E-state index is 11.6. The van der Waals surface area contributed by atoms with Crippen LogP contribution >= 0.6 is 12.4 Å². The van der Waals surface area contributed by atoms with Crippen molar-refractivity contribution in [3.05, 3.63) is 16.7 Å². The molecule has 7 heteroatoms. The van der Waals surface area contributed by atoms with Crippen LogP contribution in [0.25, 0.3) is 11.2 Å². The van der Waals surface area contributed by atoms with Crippen molar-refractivity contribution in [1.82, 2.24) is 19.5 Å². The number of imidazole rings is 1. The molecule has 1 fully saturated rings. The Morgan fingerprint density at radius 3 is 2.94 bits per heavy atom. The van der Waals surface area contributed by atoms with Crippen molar-refractivity contribution in [3.8, 4) is 0 Å². The molecule has 18 heavy (non-hydrogen) atoms. The predicted molar refractivity (Wildman–Crippen MR) is 71.8 cm³/mol. The zero-order chi connectivity index (χ0) is 11.8. The number of H-pyrrole nitrogens is 1. The third kappa shape index (κ3) is 2.20. The first-order valence-corrected chi connectivity index (χ1v) is 5.94. The van der Waals surface area contributed by atoms with E-state index in [1.165, 1.54) is 19.3 Å². The number of aromatic amines is 1. The monoisotopic (exact) mass is 269 g/mol. The highest BCUT2D eigenvalue weighted by Crippen LogP contribution is 2.29. The molecule has 0 unspecified atom stereocenters. The minimum Gasteiger partial charge on any atom is -0.369 e. The van der Waals surface area contributed by atoms with Gasteiger partial charge in [-0.2, -0.15) is 4.98 Å². The van der Waals surface area contributed by atoms with E-state index in [2.05, 4.69) is 15.0 Å². The van der Waals surface area contributed by atoms with Crippen molar-refractivity contribution < 1.29 is 0 Å². The lowest BCUT2D eigenvalue weighted by molar-refractivity contribution is 0.283. The van der Waals surface area contributed by atoms with Crippen LogP contribution in [0.5, 0.6) is 0 Å². The van der Waals surface area contributed by atoms with E-state index in [-0.39, 0.29) is 23.9 Å². The quantitative estimate of drug-likeness (QED) is 0.879. The number of halogens is 1. The van der Waals surface area contributed by atoms with E-state index in [9.17, 15) is 4.79 Å². The fraction of sp³-hybridized carbons (Fsp3) is 0.545. The van der Waals surface area contributed by atoms with E-state index in [1.807, 2.05) is 4.57 Å². The van der Waals surface area contributed by atoms with E-state index < -0.39 is 0 Å². The van der Waals surface area contributed by atoms with Gasteiger partial charge in [0, 0.05) is 6.54 Å². The summed E-state index contributed by atoms with van der Waals surface area (Å²) < 4.78 is 1.92. The van der Waals surface area contributed by atoms with Crippen LogP contribution in [0.2, 0.25) is 0 Å². The molecule has 2 aromatic heterocycles. The van der Waals surface area contributed by atoms with Crippen LogP contribution in [0.3, 0.4) is 0 Å². The summed E-state index contributed by atoms with van der Waals surface area (Å²) in [5.74, 6) is 0.972. The lowest BCUT2D eigenvalue weighted by Gasteiger charge is -2.25. The topological polar surface area (TPSA) is 89.6 Å². The minimum absolute atomic E-state index is 0. The molecular formula is C11H16ClN5O. The zero-order valence-corrected chi connectivity index (χ0v) is 10.7. The van der Waals surface area contributed by atoms with E-state index in [0.717, 1.165) is 18.9 Å². The zero-order valence-electron chi connectivity index (χ0n) is 9.93. The van der Waals surface area contributed by atoms with Gasteiger partial charge in [0.2, 0.25) is 5.95 Å². The van der Waals surface area contributed by atoms with E-state index >= 15 is 0 Å². The van der Waals surface area contributed by atoms with Gasteiger partial charge < -0.3 is 10.3 Å². The number of nitrogens with two attached hydrogens (primary N) is 1. The molecule has 0 amide bonds. The molecule has 0 aliphatic heterocycles. The van der Waals surface area contributed by atoms with Crippen molar-refractivity contribution in [1.29, 1.82) is 0 Å². The van der Waals surface area contributed by atoms with Crippen molar-refractivity contribution >= 4 is 29.5 Å². The molecule has 6 nitrogen and oxygen atoms in total. The van der Waals surface area contributed by atoms with Crippen LogP contribution in [-0.4, -0.2) is 19.5 Å². The maximum Gasteiger partial charge on any atom is 0.280 e. The second kappa shape index (κ2) is 4.97. The number of nitrogens with one attached hydrogen (secondary N) is 1. The second-order valence-electron chi connectivity index (χ2n) is 4.65. The Hall–Kier alpha value is -1.56. The minimum atomic E-state index is -0.269. The number of hydrogen-bond donors (Lipinski definition) is 2. The Balaban J connectivity index is 0.00000120. The van der Waals surface area contributed by atoms with Crippen LogP contribution in [0.15, 0.2) is 11.1 Å². The van der Waals surface area contributed by atoms with Gasteiger partial charge >= 0.3 is 0 Å². The van der Waals surface area contributed by atoms with Gasteiger partial charge in [0.15, 0.2) is 11.2 Å². The SMILES string of the molecule is Cl.Nc1nc2c(ncn2CCC2CCC2)c(=O)[nH]1. The van der Waals surface area contributed by atoms with Crippen LogP contribution in [0.4, 0.5) is 5.95 Å². The van der Waals surface area contributed by atoms with Crippen molar-refractivity contribution in [2.75, 3.05) is 5.73 Å². The van der Waals surface area contributed by atoms with Crippen molar-refractivity contribution in [2.24, 2.45) is 5.92 Å². The molecule has 3 N–H and O–H groups in total. The molecule has 0 atom stereocenters. The van der Waals surface area contributed by atoms with E-state index in [0.29, 0.717) is 11.2 Å². The highest BCUT2D eigenvalue weighted by molar-refractivity contribution is 5.85. The Labute approximate surface area is 110 Å². The molecule has 0 bridgehead atoms. The Morgan fingerprint density at radius 2 is 2.28 bits per heavy atom. The van der Waals surface area contributed by atoms with Crippen LogP contribution < -0.4 is 11.3 Å². The molecule has 1 saturated carbocycles. The number of nitrogens with zero attached hydrogens (tertiary/aromatic N) is 3. The summed E-state index contributed by atoms with van der Waals surface area (Å²) in [6, 6.07) is 0. The second-order valence-corrected chi connectivity index (χ2v) is 4.65. The molecule has 0 spiro atoms. The smallest absolute Gasteiger partial charge is 0.280 e. The largest absolute Gasteiger partial charge is 0.369 e. The van der Waals surface area contributed by atoms with Crippen molar-refractivity contribution in [3.63, 3.8) is 0 Å². The highest BCUT2D eigenvalue weighted by atomic mass is 35.5. The molecule has 0 saturated heterocycles. The molecular weight excluding hydrogens is 254 g/mol. The first-order chi connectivity index (χ1) is 8.24. The van der Waals surface area contributed by atoms with Gasteiger partial charge in [-0.05, 0) is 12.3 Å². The van der Waals surface area contributed by atoms with Crippen LogP contribution in [0, 0.1) is 5.92 Å². The lowest BCUT2D eigenvalue weighted by Crippen LogP contribution is -2.15. The average Bonchev–Trinajstić information content (AvgIpc) is 2.59. The number of rotatable bonds is 3. The predicted octanol–water partition coefficient (Wildman–Crippen LogP) is 1.31. The average molecular weight is 270 g/mol. The van der Waals surface area contributed by atoms with Gasteiger partial charge in [-0.1, -0.05) is 19.3 Å². The van der Waals surface area contributed by atoms with Gasteiger partial charge in [0.25, 0.3) is 5.56 Å². The molecule has 1 aliphatic rings. The summed E-state index contributed by atoms with van der Waals surface area (Å²) in [5.41, 5.74) is 6.23. The molecule has 2 heterocycles. The van der Waals surface area contributed by atoms with Crippen molar-refractivity contribution in [2.45, 2.75) is 32.2 Å². The summed E-state index contributed by atoms with van der Waals surface area (Å²) in [7, 11) is 0. The molecule has 2 aromatic rings. The standard InChI is InChI=1S/C11H15N5O.ClH/c12-11-14-9-8(10(17)15-11)13-6-16(9)5-4-7-2-1-3-7;/h6-7H,1-5H2,(H3,12,14,15,17);1H. The summed E-state index contributed by atoms with van der Waals surface area (Å²) in [6.45, 7) is 0.858. The van der Waals surface area contributed by atoms with Gasteiger partial charge in [-0.15, -0.1) is 12.4 Å². The van der Waals surface area contributed by atoms with E-state index in [1.54, 1.807) is 6.33 Å². The summed E-state index contributed by atoms with van der Waals surface area (Å²) in [6.07, 6.45) is 6.79. The Morgan fingerprint density at radius 1 is 1.50 bits per heavy atom. The molecule has 0 aromatic carbocycles. The summed E-state index contributed by atoms with van der Waals surface area (Å²) >= 11 is 0. The number of aryl methyl sites for hydroxylation is 1. The lowest BCUT2D eigenvalue weighted by atomic mass is 9.83. The van der Waals surface area contributed by atoms with Crippen LogP contribution in [-0.2, 0) is 6.54 Å². The van der Waals surface area contributed by atoms with Gasteiger partial charge in [0.1, 0.15) is 0 Å².